The van der Waals surface area contributed by atoms with Crippen molar-refractivity contribution in [2.24, 2.45) is 0 Å². The zero-order chi connectivity index (χ0) is 18.5. The van der Waals surface area contributed by atoms with Crippen LogP contribution in [0.1, 0.15) is 16.3 Å². The first-order valence-corrected chi connectivity index (χ1v) is 8.83. The molecule has 3 aromatic rings. The van der Waals surface area contributed by atoms with Crippen LogP contribution in [0.4, 0.5) is 0 Å². The third kappa shape index (κ3) is 4.77. The van der Waals surface area contributed by atoms with Crippen molar-refractivity contribution in [3.05, 3.63) is 69.7 Å². The normalized spacial score (nSPS) is 10.5. The number of rotatable bonds is 6. The number of benzene rings is 1. The standard InChI is InChI=1S/C18H14BrClN2O4/c19-16-8-7-15(26-16)18(24)22-10-17(23)21-9-13-5-6-14(25-13)11-1-3-12(20)4-2-11/h1-8H,9-10H2,(H,21,23)(H,22,24). The molecule has 0 saturated heterocycles. The Labute approximate surface area is 162 Å². The van der Waals surface area contributed by atoms with E-state index >= 15 is 0 Å². The Balaban J connectivity index is 1.47. The fourth-order valence-corrected chi connectivity index (χ4v) is 2.61. The summed E-state index contributed by atoms with van der Waals surface area (Å²) in [5, 5.41) is 5.80. The predicted molar refractivity (Wildman–Crippen MR) is 99.7 cm³/mol. The molecule has 1 aromatic carbocycles. The second-order valence-corrected chi connectivity index (χ2v) is 6.55. The summed E-state index contributed by atoms with van der Waals surface area (Å²) in [6.45, 7) is 0.0521. The van der Waals surface area contributed by atoms with Crippen molar-refractivity contribution >= 4 is 39.3 Å². The molecule has 0 bridgehead atoms. The van der Waals surface area contributed by atoms with E-state index in [1.807, 2.05) is 18.2 Å². The van der Waals surface area contributed by atoms with Gasteiger partial charge in [-0.1, -0.05) is 11.6 Å². The molecule has 0 spiro atoms. The number of carbonyl (C=O) groups is 2. The Morgan fingerprint density at radius 1 is 0.962 bits per heavy atom. The maximum absolute atomic E-state index is 11.8. The van der Waals surface area contributed by atoms with Crippen molar-refractivity contribution in [1.29, 1.82) is 0 Å². The summed E-state index contributed by atoms with van der Waals surface area (Å²) in [6.07, 6.45) is 0. The molecule has 0 aliphatic heterocycles. The number of hydrogen-bond acceptors (Lipinski definition) is 4. The molecular formula is C18H14BrClN2O4. The summed E-state index contributed by atoms with van der Waals surface area (Å²) in [5.74, 6) is 0.609. The Morgan fingerprint density at radius 3 is 2.42 bits per heavy atom. The van der Waals surface area contributed by atoms with Gasteiger partial charge in [0.15, 0.2) is 10.4 Å². The number of hydrogen-bond donors (Lipinski definition) is 2. The average molecular weight is 438 g/mol. The number of halogens is 2. The van der Waals surface area contributed by atoms with E-state index < -0.39 is 5.91 Å². The van der Waals surface area contributed by atoms with Crippen LogP contribution in [0, 0.1) is 0 Å². The minimum absolute atomic E-state index is 0.128. The summed E-state index contributed by atoms with van der Waals surface area (Å²) in [6, 6.07) is 14.0. The molecule has 26 heavy (non-hydrogen) atoms. The Bertz CT molecular complexity index is 917. The monoisotopic (exact) mass is 436 g/mol. The van der Waals surface area contributed by atoms with Gasteiger partial charge in [0.2, 0.25) is 5.91 Å². The van der Waals surface area contributed by atoms with E-state index in [0.29, 0.717) is 21.2 Å². The van der Waals surface area contributed by atoms with Gasteiger partial charge in [-0.05, 0) is 64.5 Å². The first-order valence-electron chi connectivity index (χ1n) is 7.66. The van der Waals surface area contributed by atoms with Crippen molar-refractivity contribution < 1.29 is 18.4 Å². The number of carbonyl (C=O) groups excluding carboxylic acids is 2. The summed E-state index contributed by atoms with van der Waals surface area (Å²) in [5.41, 5.74) is 0.892. The predicted octanol–water partition coefficient (Wildman–Crippen LogP) is 4.00. The Hall–Kier alpha value is -2.51. The molecular weight excluding hydrogens is 424 g/mol. The molecule has 2 N–H and O–H groups in total. The van der Waals surface area contributed by atoms with Crippen LogP contribution >= 0.6 is 27.5 Å². The third-order valence-electron chi connectivity index (χ3n) is 3.46. The van der Waals surface area contributed by atoms with Gasteiger partial charge in [-0.3, -0.25) is 9.59 Å². The van der Waals surface area contributed by atoms with Crippen LogP contribution < -0.4 is 10.6 Å². The lowest BCUT2D eigenvalue weighted by Gasteiger charge is -2.04. The Morgan fingerprint density at radius 2 is 1.73 bits per heavy atom. The molecule has 0 aliphatic rings. The van der Waals surface area contributed by atoms with E-state index in [1.165, 1.54) is 6.07 Å². The lowest BCUT2D eigenvalue weighted by atomic mass is 10.2. The summed E-state index contributed by atoms with van der Waals surface area (Å²) >= 11 is 8.98. The van der Waals surface area contributed by atoms with Gasteiger partial charge in [0.25, 0.3) is 5.91 Å². The molecule has 0 atom stereocenters. The van der Waals surface area contributed by atoms with Crippen LogP contribution in [0.25, 0.3) is 11.3 Å². The van der Waals surface area contributed by atoms with Gasteiger partial charge in [0.05, 0.1) is 13.1 Å². The van der Waals surface area contributed by atoms with Gasteiger partial charge < -0.3 is 19.5 Å². The number of nitrogens with one attached hydrogen (secondary N) is 2. The molecule has 2 aromatic heterocycles. The highest BCUT2D eigenvalue weighted by Crippen LogP contribution is 2.23. The zero-order valence-electron chi connectivity index (χ0n) is 13.4. The molecule has 0 fully saturated rings. The Kier molecular flexibility index (Phi) is 5.80. The zero-order valence-corrected chi connectivity index (χ0v) is 15.8. The van der Waals surface area contributed by atoms with Crippen molar-refractivity contribution in [2.45, 2.75) is 6.54 Å². The van der Waals surface area contributed by atoms with E-state index in [2.05, 4.69) is 26.6 Å². The molecule has 0 aliphatic carbocycles. The SMILES string of the molecule is O=C(CNC(=O)c1ccc(Br)o1)NCc1ccc(-c2ccc(Cl)cc2)o1. The topological polar surface area (TPSA) is 84.5 Å². The molecule has 2 amide bonds. The van der Waals surface area contributed by atoms with Gasteiger partial charge in [0, 0.05) is 10.6 Å². The third-order valence-corrected chi connectivity index (χ3v) is 4.13. The largest absolute Gasteiger partial charge is 0.459 e. The maximum atomic E-state index is 11.8. The quantitative estimate of drug-likeness (QED) is 0.610. The highest BCUT2D eigenvalue weighted by atomic mass is 79.9. The molecule has 6 nitrogen and oxygen atoms in total. The summed E-state index contributed by atoms with van der Waals surface area (Å²) in [4.78, 5) is 23.6. The van der Waals surface area contributed by atoms with E-state index in [-0.39, 0.29) is 24.8 Å². The minimum Gasteiger partial charge on any atom is -0.459 e. The first-order chi connectivity index (χ1) is 12.5. The van der Waals surface area contributed by atoms with Crippen LogP contribution in [0.5, 0.6) is 0 Å². The minimum atomic E-state index is -0.464. The molecule has 8 heteroatoms. The number of furan rings is 2. The fourth-order valence-electron chi connectivity index (χ4n) is 2.17. The van der Waals surface area contributed by atoms with E-state index in [9.17, 15) is 9.59 Å². The first kappa shape index (κ1) is 18.3. The van der Waals surface area contributed by atoms with Gasteiger partial charge >= 0.3 is 0 Å². The van der Waals surface area contributed by atoms with Crippen LogP contribution in [-0.4, -0.2) is 18.4 Å². The second-order valence-electron chi connectivity index (χ2n) is 5.34. The van der Waals surface area contributed by atoms with Crippen molar-refractivity contribution in [2.75, 3.05) is 6.54 Å². The lowest BCUT2D eigenvalue weighted by molar-refractivity contribution is -0.120. The van der Waals surface area contributed by atoms with Crippen molar-refractivity contribution in [1.82, 2.24) is 10.6 Å². The van der Waals surface area contributed by atoms with Crippen molar-refractivity contribution in [3.63, 3.8) is 0 Å². The second kappa shape index (κ2) is 8.25. The molecule has 134 valence electrons. The van der Waals surface area contributed by atoms with Crippen LogP contribution in [0.3, 0.4) is 0 Å². The molecule has 2 heterocycles. The smallest absolute Gasteiger partial charge is 0.287 e. The highest BCUT2D eigenvalue weighted by Gasteiger charge is 2.12. The highest BCUT2D eigenvalue weighted by molar-refractivity contribution is 9.10. The van der Waals surface area contributed by atoms with Gasteiger partial charge in [0.1, 0.15) is 11.5 Å². The molecule has 3 rings (SSSR count). The van der Waals surface area contributed by atoms with Crippen LogP contribution in [0.15, 0.2) is 62.0 Å². The van der Waals surface area contributed by atoms with Crippen molar-refractivity contribution in [3.8, 4) is 11.3 Å². The van der Waals surface area contributed by atoms with Gasteiger partial charge in [-0.2, -0.15) is 0 Å². The van der Waals surface area contributed by atoms with Gasteiger partial charge in [-0.25, -0.2) is 0 Å². The van der Waals surface area contributed by atoms with Gasteiger partial charge in [-0.15, -0.1) is 0 Å². The molecule has 0 radical (unpaired) electrons. The molecule has 0 saturated carbocycles. The fraction of sp³-hybridized carbons (Fsp3) is 0.111. The lowest BCUT2D eigenvalue weighted by Crippen LogP contribution is -2.36. The summed E-state index contributed by atoms with van der Waals surface area (Å²) in [7, 11) is 0. The average Bonchev–Trinajstić information content (AvgIpc) is 3.27. The summed E-state index contributed by atoms with van der Waals surface area (Å²) < 4.78 is 11.2. The van der Waals surface area contributed by atoms with E-state index in [0.717, 1.165) is 5.56 Å². The van der Waals surface area contributed by atoms with E-state index in [4.69, 9.17) is 20.4 Å². The van der Waals surface area contributed by atoms with Crippen LogP contribution in [-0.2, 0) is 11.3 Å². The number of amides is 2. The molecule has 0 unspecified atom stereocenters. The maximum Gasteiger partial charge on any atom is 0.287 e. The van der Waals surface area contributed by atoms with Crippen LogP contribution in [0.2, 0.25) is 5.02 Å². The van der Waals surface area contributed by atoms with E-state index in [1.54, 1.807) is 24.3 Å².